The highest BCUT2D eigenvalue weighted by Gasteiger charge is 2.26. The summed E-state index contributed by atoms with van der Waals surface area (Å²) in [6.07, 6.45) is 2.96. The minimum atomic E-state index is -0.263. The number of rotatable bonds is 5. The maximum Gasteiger partial charge on any atom is 0.262 e. The Labute approximate surface area is 172 Å². The Hall–Kier alpha value is -1.34. The van der Waals surface area contributed by atoms with E-state index in [1.165, 1.54) is 11.8 Å². The molecule has 5 nitrogen and oxygen atoms in total. The summed E-state index contributed by atoms with van der Waals surface area (Å²) in [5.74, 6) is 0.827. The van der Waals surface area contributed by atoms with Crippen molar-refractivity contribution in [1.82, 2.24) is 14.5 Å². The Morgan fingerprint density at radius 3 is 2.74 bits per heavy atom. The molecule has 1 aliphatic heterocycles. The number of fused-ring (bicyclic) bond motifs is 1. The molecule has 1 amide bonds. The van der Waals surface area contributed by atoms with Gasteiger partial charge in [0.2, 0.25) is 5.91 Å². The Morgan fingerprint density at radius 2 is 2.07 bits per heavy atom. The van der Waals surface area contributed by atoms with Gasteiger partial charge in [-0.05, 0) is 50.3 Å². The molecule has 3 rings (SSSR count). The maximum atomic E-state index is 13.0. The van der Waals surface area contributed by atoms with E-state index in [0.717, 1.165) is 36.8 Å². The van der Waals surface area contributed by atoms with E-state index in [0.29, 0.717) is 28.5 Å². The van der Waals surface area contributed by atoms with E-state index in [1.807, 2.05) is 36.9 Å². The number of likely N-dealkylation sites (tertiary alicyclic amines) is 1. The molecule has 1 atom stereocenters. The van der Waals surface area contributed by atoms with Crippen LogP contribution in [-0.2, 0) is 11.3 Å². The van der Waals surface area contributed by atoms with Crippen LogP contribution in [0.2, 0.25) is 0 Å². The molecule has 0 bridgehead atoms. The molecule has 0 radical (unpaired) electrons. The second kappa shape index (κ2) is 8.78. The van der Waals surface area contributed by atoms with Gasteiger partial charge in [0.1, 0.15) is 0 Å². The monoisotopic (exact) mass is 451 g/mol. The first kappa shape index (κ1) is 20.4. The number of nitrogens with zero attached hydrogens (tertiary/aromatic N) is 3. The number of halogens is 1. The zero-order chi connectivity index (χ0) is 19.6. The molecule has 27 heavy (non-hydrogen) atoms. The molecule has 1 aliphatic rings. The minimum Gasteiger partial charge on any atom is -0.342 e. The molecule has 0 spiro atoms. The van der Waals surface area contributed by atoms with E-state index in [4.69, 9.17) is 4.98 Å². The first-order chi connectivity index (χ1) is 12.9. The molecule has 1 unspecified atom stereocenters. The number of carbonyl (C=O) groups is 1. The SMILES string of the molecule is CCCn1c(SC(C)C(=O)N2CCC(C)CC2)nc2ccc(Br)cc2c1=O. The summed E-state index contributed by atoms with van der Waals surface area (Å²) in [6, 6.07) is 5.55. The van der Waals surface area contributed by atoms with E-state index in [2.05, 4.69) is 22.9 Å². The zero-order valence-electron chi connectivity index (χ0n) is 16.1. The molecule has 0 aliphatic carbocycles. The van der Waals surface area contributed by atoms with Crippen molar-refractivity contribution < 1.29 is 4.79 Å². The second-order valence-corrected chi connectivity index (χ2v) is 9.50. The number of piperidine rings is 1. The van der Waals surface area contributed by atoms with Gasteiger partial charge in [-0.1, -0.05) is 41.5 Å². The summed E-state index contributed by atoms with van der Waals surface area (Å²) in [6.45, 7) is 8.44. The Bertz CT molecular complexity index is 891. The van der Waals surface area contributed by atoms with Gasteiger partial charge >= 0.3 is 0 Å². The molecule has 7 heteroatoms. The first-order valence-corrected chi connectivity index (χ1v) is 11.2. The van der Waals surface area contributed by atoms with E-state index < -0.39 is 0 Å². The van der Waals surface area contributed by atoms with Crippen molar-refractivity contribution in [2.75, 3.05) is 13.1 Å². The molecular weight excluding hydrogens is 426 g/mol. The number of hydrogen-bond donors (Lipinski definition) is 0. The summed E-state index contributed by atoms with van der Waals surface area (Å²) < 4.78 is 2.57. The predicted octanol–water partition coefficient (Wildman–Crippen LogP) is 4.31. The average molecular weight is 452 g/mol. The van der Waals surface area contributed by atoms with Crippen LogP contribution in [-0.4, -0.2) is 38.7 Å². The molecule has 0 saturated carbocycles. The van der Waals surface area contributed by atoms with Crippen LogP contribution in [0.25, 0.3) is 10.9 Å². The normalized spacial score (nSPS) is 16.7. The van der Waals surface area contributed by atoms with Gasteiger partial charge in [-0.3, -0.25) is 14.2 Å². The summed E-state index contributed by atoms with van der Waals surface area (Å²) >= 11 is 4.82. The summed E-state index contributed by atoms with van der Waals surface area (Å²) in [5.41, 5.74) is 0.626. The number of hydrogen-bond acceptors (Lipinski definition) is 4. The highest BCUT2D eigenvalue weighted by Crippen LogP contribution is 2.26. The summed E-state index contributed by atoms with van der Waals surface area (Å²) in [4.78, 5) is 32.5. The Morgan fingerprint density at radius 1 is 1.37 bits per heavy atom. The molecule has 2 heterocycles. The molecule has 1 aromatic heterocycles. The van der Waals surface area contributed by atoms with Gasteiger partial charge in [0.05, 0.1) is 16.2 Å². The van der Waals surface area contributed by atoms with Crippen molar-refractivity contribution >= 4 is 44.5 Å². The zero-order valence-corrected chi connectivity index (χ0v) is 18.5. The number of aromatic nitrogens is 2. The minimum absolute atomic E-state index is 0.0444. The van der Waals surface area contributed by atoms with Gasteiger partial charge in [0.15, 0.2) is 5.16 Å². The Kier molecular flexibility index (Phi) is 6.63. The lowest BCUT2D eigenvalue weighted by Crippen LogP contribution is -2.42. The van der Waals surface area contributed by atoms with E-state index in [9.17, 15) is 9.59 Å². The lowest BCUT2D eigenvalue weighted by molar-refractivity contribution is -0.131. The molecule has 2 aromatic rings. The van der Waals surface area contributed by atoms with Gasteiger partial charge in [0.25, 0.3) is 5.56 Å². The molecule has 146 valence electrons. The first-order valence-electron chi connectivity index (χ1n) is 9.56. The lowest BCUT2D eigenvalue weighted by Gasteiger charge is -2.32. The van der Waals surface area contributed by atoms with Gasteiger partial charge in [-0.15, -0.1) is 0 Å². The molecule has 1 aromatic carbocycles. The van der Waals surface area contributed by atoms with Crippen LogP contribution >= 0.6 is 27.7 Å². The van der Waals surface area contributed by atoms with Gasteiger partial charge < -0.3 is 4.90 Å². The molecular formula is C20H26BrN3O2S. The molecule has 1 saturated heterocycles. The molecule has 1 fully saturated rings. The quantitative estimate of drug-likeness (QED) is 0.501. The van der Waals surface area contributed by atoms with Crippen molar-refractivity contribution in [3.8, 4) is 0 Å². The van der Waals surface area contributed by atoms with E-state index >= 15 is 0 Å². The highest BCUT2D eigenvalue weighted by molar-refractivity contribution is 9.10. The topological polar surface area (TPSA) is 55.2 Å². The highest BCUT2D eigenvalue weighted by atomic mass is 79.9. The number of amides is 1. The van der Waals surface area contributed by atoms with Gasteiger partial charge in [-0.2, -0.15) is 0 Å². The van der Waals surface area contributed by atoms with Crippen LogP contribution in [0.15, 0.2) is 32.6 Å². The van der Waals surface area contributed by atoms with Crippen LogP contribution in [0, 0.1) is 5.92 Å². The summed E-state index contributed by atoms with van der Waals surface area (Å²) in [7, 11) is 0. The third-order valence-electron chi connectivity index (χ3n) is 5.05. The number of thioether (sulfide) groups is 1. The van der Waals surface area contributed by atoms with Gasteiger partial charge in [0, 0.05) is 24.1 Å². The van der Waals surface area contributed by atoms with Crippen LogP contribution in [0.4, 0.5) is 0 Å². The predicted molar refractivity (Wildman–Crippen MR) is 114 cm³/mol. The number of carbonyl (C=O) groups excluding carboxylic acids is 1. The maximum absolute atomic E-state index is 13.0. The van der Waals surface area contributed by atoms with Crippen molar-refractivity contribution in [2.24, 2.45) is 5.92 Å². The van der Waals surface area contributed by atoms with Gasteiger partial charge in [-0.25, -0.2) is 4.98 Å². The fraction of sp³-hybridized carbons (Fsp3) is 0.550. The van der Waals surface area contributed by atoms with Crippen molar-refractivity contribution in [2.45, 2.75) is 57.0 Å². The standard InChI is InChI=1S/C20H26BrN3O2S/c1-4-9-24-19(26)16-12-15(21)5-6-17(16)22-20(24)27-14(3)18(25)23-10-7-13(2)8-11-23/h5-6,12-14H,4,7-11H2,1-3H3. The molecule has 0 N–H and O–H groups in total. The van der Waals surface area contributed by atoms with Crippen molar-refractivity contribution in [1.29, 1.82) is 0 Å². The largest absolute Gasteiger partial charge is 0.342 e. The Balaban J connectivity index is 1.88. The smallest absolute Gasteiger partial charge is 0.262 e. The third-order valence-corrected chi connectivity index (χ3v) is 6.62. The van der Waals surface area contributed by atoms with Crippen molar-refractivity contribution in [3.05, 3.63) is 33.0 Å². The van der Waals surface area contributed by atoms with Crippen LogP contribution in [0.5, 0.6) is 0 Å². The number of benzene rings is 1. The van der Waals surface area contributed by atoms with E-state index in [1.54, 1.807) is 4.57 Å². The third kappa shape index (κ3) is 4.57. The van der Waals surface area contributed by atoms with Crippen LogP contribution in [0.1, 0.15) is 40.0 Å². The average Bonchev–Trinajstić information content (AvgIpc) is 2.65. The van der Waals surface area contributed by atoms with Crippen LogP contribution < -0.4 is 5.56 Å². The fourth-order valence-corrected chi connectivity index (χ4v) is 4.76. The fourth-order valence-electron chi connectivity index (χ4n) is 3.38. The lowest BCUT2D eigenvalue weighted by atomic mass is 9.99. The van der Waals surface area contributed by atoms with Crippen molar-refractivity contribution in [3.63, 3.8) is 0 Å². The van der Waals surface area contributed by atoms with E-state index in [-0.39, 0.29) is 16.7 Å². The van der Waals surface area contributed by atoms with Crippen LogP contribution in [0.3, 0.4) is 0 Å². The second-order valence-electron chi connectivity index (χ2n) is 7.28. The summed E-state index contributed by atoms with van der Waals surface area (Å²) in [5, 5.41) is 0.968.